The number of epoxide rings is 1. The number of aliphatic hydroxyl groups excluding tert-OH is 1. The molecule has 2 heterocycles. The second-order valence-electron chi connectivity index (χ2n) is 5.29. The smallest absolute Gasteiger partial charge is 0.158 e. The highest BCUT2D eigenvalue weighted by atomic mass is 16.7. The lowest BCUT2D eigenvalue weighted by atomic mass is 10.1. The summed E-state index contributed by atoms with van der Waals surface area (Å²) in [6.07, 6.45) is 8.01. The molecular formula is C14H26O4. The van der Waals surface area contributed by atoms with Crippen LogP contribution in [0.25, 0.3) is 0 Å². The van der Waals surface area contributed by atoms with E-state index in [2.05, 4.69) is 6.92 Å². The molecule has 106 valence electrons. The molecule has 4 nitrogen and oxygen atoms in total. The average molecular weight is 258 g/mol. The Kier molecular flexibility index (Phi) is 5.89. The van der Waals surface area contributed by atoms with Crippen molar-refractivity contribution in [2.24, 2.45) is 0 Å². The van der Waals surface area contributed by atoms with E-state index in [0.29, 0.717) is 0 Å². The molecule has 2 aliphatic rings. The SMILES string of the molecule is CCCCC[C@@H](OC1CCCCO1)[C@@H]1O[C@H]1CO. The molecule has 4 heteroatoms. The number of aliphatic hydroxyl groups is 1. The van der Waals surface area contributed by atoms with Crippen molar-refractivity contribution in [3.05, 3.63) is 0 Å². The summed E-state index contributed by atoms with van der Waals surface area (Å²) in [5.41, 5.74) is 0. The molecule has 0 aliphatic carbocycles. The minimum absolute atomic E-state index is 0.0137. The van der Waals surface area contributed by atoms with Gasteiger partial charge in [0, 0.05) is 6.61 Å². The van der Waals surface area contributed by atoms with Crippen LogP contribution in [0.2, 0.25) is 0 Å². The van der Waals surface area contributed by atoms with Gasteiger partial charge in [-0.2, -0.15) is 0 Å². The molecule has 2 fully saturated rings. The van der Waals surface area contributed by atoms with Crippen LogP contribution in [0.3, 0.4) is 0 Å². The normalized spacial score (nSPS) is 33.3. The number of rotatable bonds is 8. The predicted molar refractivity (Wildman–Crippen MR) is 68.4 cm³/mol. The minimum atomic E-state index is -0.0612. The first-order valence-electron chi connectivity index (χ1n) is 7.38. The summed E-state index contributed by atoms with van der Waals surface area (Å²) in [5.74, 6) is 0. The maximum absolute atomic E-state index is 9.09. The lowest BCUT2D eigenvalue weighted by Crippen LogP contribution is -2.32. The van der Waals surface area contributed by atoms with Crippen LogP contribution in [0, 0.1) is 0 Å². The van der Waals surface area contributed by atoms with Gasteiger partial charge >= 0.3 is 0 Å². The molecule has 1 unspecified atom stereocenters. The maximum Gasteiger partial charge on any atom is 0.158 e. The Labute approximate surface area is 110 Å². The van der Waals surface area contributed by atoms with Crippen molar-refractivity contribution in [1.82, 2.24) is 0 Å². The molecule has 0 amide bonds. The predicted octanol–water partition coefficient (Wildman–Crippen LogP) is 2.24. The average Bonchev–Trinajstić information content (AvgIpc) is 3.18. The third kappa shape index (κ3) is 4.19. The molecule has 2 saturated heterocycles. The Morgan fingerprint density at radius 1 is 1.33 bits per heavy atom. The Balaban J connectivity index is 1.76. The van der Waals surface area contributed by atoms with Crippen LogP contribution in [0.5, 0.6) is 0 Å². The summed E-state index contributed by atoms with van der Waals surface area (Å²) < 4.78 is 17.1. The van der Waals surface area contributed by atoms with Gasteiger partial charge in [-0.25, -0.2) is 0 Å². The summed E-state index contributed by atoms with van der Waals surface area (Å²) in [5, 5.41) is 9.09. The van der Waals surface area contributed by atoms with Gasteiger partial charge in [-0.05, 0) is 25.7 Å². The van der Waals surface area contributed by atoms with Crippen LogP contribution >= 0.6 is 0 Å². The quantitative estimate of drug-likeness (QED) is 0.536. The topological polar surface area (TPSA) is 51.2 Å². The van der Waals surface area contributed by atoms with E-state index in [1.807, 2.05) is 0 Å². The molecule has 4 atom stereocenters. The molecule has 0 saturated carbocycles. The Morgan fingerprint density at radius 3 is 2.83 bits per heavy atom. The molecule has 18 heavy (non-hydrogen) atoms. The standard InChI is InChI=1S/C14H26O4/c1-2-3-4-7-11(14-12(10-15)18-14)17-13-8-5-6-9-16-13/h11-15H,2-10H2,1H3/t11-,12+,13?,14+/m1/s1. The third-order valence-electron chi connectivity index (χ3n) is 3.72. The number of hydrogen-bond donors (Lipinski definition) is 1. The van der Waals surface area contributed by atoms with Crippen molar-refractivity contribution in [2.75, 3.05) is 13.2 Å². The molecule has 0 radical (unpaired) electrons. The van der Waals surface area contributed by atoms with Crippen LogP contribution in [-0.4, -0.2) is 42.9 Å². The third-order valence-corrected chi connectivity index (χ3v) is 3.72. The first-order valence-corrected chi connectivity index (χ1v) is 7.38. The second kappa shape index (κ2) is 7.43. The summed E-state index contributed by atoms with van der Waals surface area (Å²) in [6, 6.07) is 0. The van der Waals surface area contributed by atoms with Gasteiger partial charge in [0.25, 0.3) is 0 Å². The summed E-state index contributed by atoms with van der Waals surface area (Å²) in [7, 11) is 0. The van der Waals surface area contributed by atoms with Crippen molar-refractivity contribution >= 4 is 0 Å². The fourth-order valence-electron chi connectivity index (χ4n) is 2.55. The lowest BCUT2D eigenvalue weighted by molar-refractivity contribution is -0.193. The number of hydrogen-bond acceptors (Lipinski definition) is 4. The molecule has 0 spiro atoms. The highest BCUT2D eigenvalue weighted by molar-refractivity contribution is 4.91. The van der Waals surface area contributed by atoms with Crippen molar-refractivity contribution in [1.29, 1.82) is 0 Å². The van der Waals surface area contributed by atoms with E-state index in [9.17, 15) is 0 Å². The number of unbranched alkanes of at least 4 members (excludes halogenated alkanes) is 2. The zero-order valence-corrected chi connectivity index (χ0v) is 11.3. The van der Waals surface area contributed by atoms with Gasteiger partial charge in [-0.15, -0.1) is 0 Å². The zero-order valence-electron chi connectivity index (χ0n) is 11.3. The van der Waals surface area contributed by atoms with Gasteiger partial charge in [0.1, 0.15) is 12.2 Å². The second-order valence-corrected chi connectivity index (χ2v) is 5.29. The Bertz CT molecular complexity index is 228. The van der Waals surface area contributed by atoms with Crippen molar-refractivity contribution in [3.8, 4) is 0 Å². The van der Waals surface area contributed by atoms with E-state index >= 15 is 0 Å². The molecule has 0 aromatic carbocycles. The van der Waals surface area contributed by atoms with Gasteiger partial charge in [-0.1, -0.05) is 26.2 Å². The molecule has 1 N–H and O–H groups in total. The fraction of sp³-hybridized carbons (Fsp3) is 1.00. The van der Waals surface area contributed by atoms with Gasteiger partial charge < -0.3 is 19.3 Å². The van der Waals surface area contributed by atoms with Crippen LogP contribution < -0.4 is 0 Å². The Hall–Kier alpha value is -0.160. The highest BCUT2D eigenvalue weighted by Crippen LogP contribution is 2.31. The van der Waals surface area contributed by atoms with Gasteiger partial charge in [0.05, 0.1) is 12.7 Å². The van der Waals surface area contributed by atoms with Crippen LogP contribution in [-0.2, 0) is 14.2 Å². The van der Waals surface area contributed by atoms with E-state index in [1.54, 1.807) is 0 Å². The lowest BCUT2D eigenvalue weighted by Gasteiger charge is -2.27. The first kappa shape index (κ1) is 14.3. The summed E-state index contributed by atoms with van der Waals surface area (Å²) in [4.78, 5) is 0. The van der Waals surface area contributed by atoms with Crippen LogP contribution in [0.4, 0.5) is 0 Å². The zero-order chi connectivity index (χ0) is 12.8. The molecule has 0 aromatic rings. The molecule has 0 bridgehead atoms. The van der Waals surface area contributed by atoms with Crippen molar-refractivity contribution < 1.29 is 19.3 Å². The van der Waals surface area contributed by atoms with Crippen LogP contribution in [0.1, 0.15) is 51.9 Å². The molecule has 2 aliphatic heterocycles. The highest BCUT2D eigenvalue weighted by Gasteiger charge is 2.45. The van der Waals surface area contributed by atoms with Crippen molar-refractivity contribution in [2.45, 2.75) is 76.5 Å². The molecule has 0 aromatic heterocycles. The van der Waals surface area contributed by atoms with E-state index in [4.69, 9.17) is 19.3 Å². The number of ether oxygens (including phenoxy) is 3. The van der Waals surface area contributed by atoms with Crippen molar-refractivity contribution in [3.63, 3.8) is 0 Å². The van der Waals surface area contributed by atoms with E-state index in [-0.39, 0.29) is 31.2 Å². The van der Waals surface area contributed by atoms with Gasteiger partial charge in [0.15, 0.2) is 6.29 Å². The molecule has 2 rings (SSSR count). The monoisotopic (exact) mass is 258 g/mol. The fourth-order valence-corrected chi connectivity index (χ4v) is 2.55. The van der Waals surface area contributed by atoms with Gasteiger partial charge in [0.2, 0.25) is 0 Å². The molecular weight excluding hydrogens is 232 g/mol. The Morgan fingerprint density at radius 2 is 2.22 bits per heavy atom. The summed E-state index contributed by atoms with van der Waals surface area (Å²) in [6.45, 7) is 3.11. The largest absolute Gasteiger partial charge is 0.394 e. The minimum Gasteiger partial charge on any atom is -0.394 e. The van der Waals surface area contributed by atoms with Crippen LogP contribution in [0.15, 0.2) is 0 Å². The maximum atomic E-state index is 9.09. The first-order chi connectivity index (χ1) is 8.85. The van der Waals surface area contributed by atoms with E-state index in [0.717, 1.165) is 32.3 Å². The van der Waals surface area contributed by atoms with Gasteiger partial charge in [-0.3, -0.25) is 0 Å². The van der Waals surface area contributed by atoms with E-state index < -0.39 is 0 Å². The van der Waals surface area contributed by atoms with E-state index in [1.165, 1.54) is 19.3 Å². The summed E-state index contributed by atoms with van der Waals surface area (Å²) >= 11 is 0.